The number of piperidine rings is 1. The van der Waals surface area contributed by atoms with Crippen LogP contribution in [0.4, 0.5) is 0 Å². The normalized spacial score (nSPS) is 20.6. The zero-order valence-electron chi connectivity index (χ0n) is 11.5. The van der Waals surface area contributed by atoms with Crippen LogP contribution in [0.25, 0.3) is 0 Å². The zero-order chi connectivity index (χ0) is 12.8. The summed E-state index contributed by atoms with van der Waals surface area (Å²) in [5, 5.41) is 3.55. The Bertz CT molecular complexity index is 335. The summed E-state index contributed by atoms with van der Waals surface area (Å²) in [6.45, 7) is 7.97. The van der Waals surface area contributed by atoms with Crippen LogP contribution in [-0.4, -0.2) is 40.5 Å². The minimum atomic E-state index is 0.269. The van der Waals surface area contributed by atoms with Gasteiger partial charge in [-0.15, -0.1) is 0 Å². The number of nitrogens with zero attached hydrogens (tertiary/aromatic N) is 3. The quantitative estimate of drug-likeness (QED) is 0.865. The molecule has 1 aliphatic rings. The minimum absolute atomic E-state index is 0.269. The fourth-order valence-corrected chi connectivity index (χ4v) is 2.47. The molecule has 1 aromatic rings. The predicted octanol–water partition coefficient (Wildman–Crippen LogP) is 2.00. The van der Waals surface area contributed by atoms with Crippen LogP contribution in [0.15, 0.2) is 18.6 Å². The van der Waals surface area contributed by atoms with Crippen molar-refractivity contribution in [3.63, 3.8) is 0 Å². The Morgan fingerprint density at radius 2 is 2.00 bits per heavy atom. The van der Waals surface area contributed by atoms with Crippen molar-refractivity contribution in [3.05, 3.63) is 24.3 Å². The molecule has 1 aliphatic heterocycles. The first kappa shape index (κ1) is 13.4. The Labute approximate surface area is 110 Å². The van der Waals surface area contributed by atoms with E-state index in [-0.39, 0.29) is 6.04 Å². The SMILES string of the molecule is CC(NCC(C)N1CCCCC1)c1cnccn1. The van der Waals surface area contributed by atoms with E-state index < -0.39 is 0 Å². The van der Waals surface area contributed by atoms with Crippen LogP contribution in [0.3, 0.4) is 0 Å². The van der Waals surface area contributed by atoms with Crippen molar-refractivity contribution >= 4 is 0 Å². The number of rotatable bonds is 5. The van der Waals surface area contributed by atoms with Gasteiger partial charge in [0.1, 0.15) is 0 Å². The third-order valence-electron chi connectivity index (χ3n) is 3.76. The van der Waals surface area contributed by atoms with Crippen molar-refractivity contribution in [2.24, 2.45) is 0 Å². The molecular formula is C14H24N4. The maximum absolute atomic E-state index is 4.33. The van der Waals surface area contributed by atoms with Crippen molar-refractivity contribution in [1.82, 2.24) is 20.2 Å². The number of aromatic nitrogens is 2. The van der Waals surface area contributed by atoms with E-state index >= 15 is 0 Å². The van der Waals surface area contributed by atoms with Gasteiger partial charge in [-0.05, 0) is 39.8 Å². The molecule has 0 bridgehead atoms. The summed E-state index contributed by atoms with van der Waals surface area (Å²) in [6, 6.07) is 0.871. The monoisotopic (exact) mass is 248 g/mol. The second-order valence-corrected chi connectivity index (χ2v) is 5.21. The maximum atomic E-state index is 4.33. The van der Waals surface area contributed by atoms with Gasteiger partial charge in [0, 0.05) is 37.2 Å². The molecule has 0 radical (unpaired) electrons. The Balaban J connectivity index is 1.76. The molecule has 1 fully saturated rings. The summed E-state index contributed by atoms with van der Waals surface area (Å²) >= 11 is 0. The largest absolute Gasteiger partial charge is 0.307 e. The van der Waals surface area contributed by atoms with Crippen molar-refractivity contribution in [1.29, 1.82) is 0 Å². The number of likely N-dealkylation sites (tertiary alicyclic amines) is 1. The van der Waals surface area contributed by atoms with E-state index in [1.165, 1.54) is 32.4 Å². The van der Waals surface area contributed by atoms with Gasteiger partial charge in [-0.2, -0.15) is 0 Å². The van der Waals surface area contributed by atoms with Crippen LogP contribution >= 0.6 is 0 Å². The molecule has 2 unspecified atom stereocenters. The first-order valence-corrected chi connectivity index (χ1v) is 7.00. The zero-order valence-corrected chi connectivity index (χ0v) is 11.5. The molecule has 0 aromatic carbocycles. The van der Waals surface area contributed by atoms with Gasteiger partial charge >= 0.3 is 0 Å². The Morgan fingerprint density at radius 3 is 2.67 bits per heavy atom. The second kappa shape index (κ2) is 6.81. The highest BCUT2D eigenvalue weighted by Gasteiger charge is 2.17. The van der Waals surface area contributed by atoms with Gasteiger partial charge in [0.2, 0.25) is 0 Å². The van der Waals surface area contributed by atoms with Crippen molar-refractivity contribution < 1.29 is 0 Å². The highest BCUT2D eigenvalue weighted by Crippen LogP contribution is 2.13. The first-order valence-electron chi connectivity index (χ1n) is 7.00. The van der Waals surface area contributed by atoms with Crippen LogP contribution in [0, 0.1) is 0 Å². The van der Waals surface area contributed by atoms with Crippen LogP contribution < -0.4 is 5.32 Å². The van der Waals surface area contributed by atoms with E-state index in [4.69, 9.17) is 0 Å². The standard InChI is InChI=1S/C14H24N4/c1-12(18-8-4-3-5-9-18)10-17-13(2)14-11-15-6-7-16-14/h6-7,11-13,17H,3-5,8-10H2,1-2H3. The fourth-order valence-electron chi connectivity index (χ4n) is 2.47. The van der Waals surface area contributed by atoms with Gasteiger partial charge in [0.15, 0.2) is 0 Å². The lowest BCUT2D eigenvalue weighted by atomic mass is 10.1. The van der Waals surface area contributed by atoms with Crippen LogP contribution in [0.2, 0.25) is 0 Å². The topological polar surface area (TPSA) is 41.0 Å². The molecule has 0 aliphatic carbocycles. The number of hydrogen-bond donors (Lipinski definition) is 1. The Hall–Kier alpha value is -1.00. The number of hydrogen-bond acceptors (Lipinski definition) is 4. The molecule has 100 valence electrons. The van der Waals surface area contributed by atoms with Gasteiger partial charge in [-0.1, -0.05) is 6.42 Å². The summed E-state index contributed by atoms with van der Waals surface area (Å²) in [4.78, 5) is 11.0. The average molecular weight is 248 g/mol. The fraction of sp³-hybridized carbons (Fsp3) is 0.714. The van der Waals surface area contributed by atoms with Gasteiger partial charge in [-0.3, -0.25) is 14.9 Å². The van der Waals surface area contributed by atoms with Gasteiger partial charge in [-0.25, -0.2) is 0 Å². The summed E-state index contributed by atoms with van der Waals surface area (Å²) in [6.07, 6.45) is 9.40. The average Bonchev–Trinajstić information content (AvgIpc) is 2.46. The molecule has 2 atom stereocenters. The van der Waals surface area contributed by atoms with E-state index in [2.05, 4.69) is 34.0 Å². The lowest BCUT2D eigenvalue weighted by Crippen LogP contribution is -2.43. The highest BCUT2D eigenvalue weighted by atomic mass is 15.2. The van der Waals surface area contributed by atoms with Crippen molar-refractivity contribution in [3.8, 4) is 0 Å². The predicted molar refractivity (Wildman–Crippen MR) is 73.3 cm³/mol. The summed E-state index contributed by atoms with van der Waals surface area (Å²) in [7, 11) is 0. The van der Waals surface area contributed by atoms with E-state index in [0.29, 0.717) is 6.04 Å². The Kier molecular flexibility index (Phi) is 5.08. The lowest BCUT2D eigenvalue weighted by molar-refractivity contribution is 0.168. The third-order valence-corrected chi connectivity index (χ3v) is 3.76. The van der Waals surface area contributed by atoms with Gasteiger partial charge in [0.25, 0.3) is 0 Å². The highest BCUT2D eigenvalue weighted by molar-refractivity contribution is 5.00. The van der Waals surface area contributed by atoms with E-state index in [9.17, 15) is 0 Å². The molecule has 4 nitrogen and oxygen atoms in total. The molecule has 2 heterocycles. The molecule has 18 heavy (non-hydrogen) atoms. The van der Waals surface area contributed by atoms with E-state index in [1.54, 1.807) is 12.4 Å². The van der Waals surface area contributed by atoms with Gasteiger partial charge in [0.05, 0.1) is 5.69 Å². The molecule has 2 rings (SSSR count). The molecule has 1 aromatic heterocycles. The van der Waals surface area contributed by atoms with E-state index in [1.807, 2.05) is 6.20 Å². The van der Waals surface area contributed by atoms with Crippen LogP contribution in [0.1, 0.15) is 44.8 Å². The van der Waals surface area contributed by atoms with Crippen molar-refractivity contribution in [2.75, 3.05) is 19.6 Å². The molecule has 0 saturated carbocycles. The minimum Gasteiger partial charge on any atom is -0.307 e. The summed E-state index contributed by atoms with van der Waals surface area (Å²) in [5.74, 6) is 0. The van der Waals surface area contributed by atoms with Crippen LogP contribution in [-0.2, 0) is 0 Å². The second-order valence-electron chi connectivity index (χ2n) is 5.21. The smallest absolute Gasteiger partial charge is 0.0753 e. The maximum Gasteiger partial charge on any atom is 0.0753 e. The molecule has 1 N–H and O–H groups in total. The lowest BCUT2D eigenvalue weighted by Gasteiger charge is -2.33. The molecule has 0 amide bonds. The molecule has 0 spiro atoms. The molecular weight excluding hydrogens is 224 g/mol. The summed E-state index contributed by atoms with van der Waals surface area (Å²) in [5.41, 5.74) is 1.02. The van der Waals surface area contributed by atoms with Gasteiger partial charge < -0.3 is 5.32 Å². The van der Waals surface area contributed by atoms with Crippen molar-refractivity contribution in [2.45, 2.75) is 45.2 Å². The first-order chi connectivity index (χ1) is 8.77. The molecule has 1 saturated heterocycles. The number of nitrogens with one attached hydrogen (secondary N) is 1. The third kappa shape index (κ3) is 3.75. The van der Waals surface area contributed by atoms with E-state index in [0.717, 1.165) is 12.2 Å². The Morgan fingerprint density at radius 1 is 1.22 bits per heavy atom. The van der Waals surface area contributed by atoms with Crippen LogP contribution in [0.5, 0.6) is 0 Å². The summed E-state index contributed by atoms with van der Waals surface area (Å²) < 4.78 is 0. The molecule has 4 heteroatoms.